The van der Waals surface area contributed by atoms with Gasteiger partial charge in [-0.05, 0) is 62.1 Å². The minimum absolute atomic E-state index is 0. The third-order valence-electron chi connectivity index (χ3n) is 9.68. The smallest absolute Gasteiger partial charge is 1.00 e. The third kappa shape index (κ3) is 16.4. The average Bonchev–Trinajstić information content (AvgIpc) is 3.72. The van der Waals surface area contributed by atoms with Gasteiger partial charge in [0.05, 0.1) is 22.3 Å². The number of hydrogen-bond donors (Lipinski definition) is 1. The number of alkyl halides is 1. The summed E-state index contributed by atoms with van der Waals surface area (Å²) in [6.45, 7) is 5.20. The number of pyridine rings is 2. The van der Waals surface area contributed by atoms with E-state index in [4.69, 9.17) is 10.1 Å². The van der Waals surface area contributed by atoms with Crippen LogP contribution in [0.4, 0.5) is 0 Å². The zero-order valence-corrected chi connectivity index (χ0v) is 47.1. The van der Waals surface area contributed by atoms with Crippen LogP contribution in [0.25, 0.3) is 22.1 Å². The Morgan fingerprint density at radius 2 is 1.12 bits per heavy atom. The number of halogens is 1. The fourth-order valence-electron chi connectivity index (χ4n) is 6.44. The zero-order valence-electron chi connectivity index (χ0n) is 38.6. The van der Waals surface area contributed by atoms with Crippen molar-refractivity contribution >= 4 is 91.6 Å². The van der Waals surface area contributed by atoms with Crippen LogP contribution >= 0.6 is 39.5 Å². The van der Waals surface area contributed by atoms with E-state index in [2.05, 4.69) is 59.6 Å². The Bertz CT molecular complexity index is 2700. The van der Waals surface area contributed by atoms with E-state index < -0.39 is 0 Å². The van der Waals surface area contributed by atoms with Crippen LogP contribution in [0, 0.1) is 0 Å². The molecule has 6 heterocycles. The van der Waals surface area contributed by atoms with Gasteiger partial charge in [-0.15, -0.1) is 0 Å². The third-order valence-corrected chi connectivity index (χ3v) is 12.1. The van der Waals surface area contributed by atoms with Crippen LogP contribution in [0.3, 0.4) is 0 Å². The Labute approximate surface area is 489 Å². The fourth-order valence-corrected chi connectivity index (χ4v) is 8.48. The van der Waals surface area contributed by atoms with Gasteiger partial charge in [0.2, 0.25) is 5.56 Å². The molecule has 0 atom stereocenters. The van der Waals surface area contributed by atoms with Gasteiger partial charge in [-0.3, -0.25) is 47.9 Å². The maximum absolute atomic E-state index is 12.5. The summed E-state index contributed by atoms with van der Waals surface area (Å²) in [4.78, 5) is 106. The number of aromatic amines is 1. The van der Waals surface area contributed by atoms with Crippen LogP contribution in [-0.4, -0.2) is 99.3 Å². The van der Waals surface area contributed by atoms with Crippen LogP contribution in [0.2, 0.25) is 0 Å². The van der Waals surface area contributed by atoms with Crippen molar-refractivity contribution in [2.24, 2.45) is 0 Å². The van der Waals surface area contributed by atoms with Gasteiger partial charge in [0.1, 0.15) is 11.3 Å². The van der Waals surface area contributed by atoms with E-state index in [9.17, 15) is 28.8 Å². The number of unbranched alkanes of at least 4 members (excludes halogenated alkanes) is 2. The van der Waals surface area contributed by atoms with Gasteiger partial charge >= 0.3 is 103 Å². The van der Waals surface area contributed by atoms with Crippen LogP contribution in [0.5, 0.6) is 0 Å². The van der Waals surface area contributed by atoms with Crippen LogP contribution in [-0.2, 0) is 16.2 Å². The molecule has 22 heteroatoms. The van der Waals surface area contributed by atoms with E-state index in [1.807, 2.05) is 0 Å². The molecule has 342 valence electrons. The maximum Gasteiger partial charge on any atom is 1.00 e. The molecular weight excluding hydrogens is 1020 g/mol. The number of imide groups is 2. The predicted octanol–water partition coefficient (Wildman–Crippen LogP) is 0.203. The van der Waals surface area contributed by atoms with Gasteiger partial charge in [-0.25, -0.2) is 19.9 Å². The molecule has 4 aromatic heterocycles. The summed E-state index contributed by atoms with van der Waals surface area (Å²) in [5.74, 6) is 1.04. The SMILES string of the molecule is CCCCSc1ncc2ccc(=O)[nH]c2n1.CCCCSc1ncc2ccc(=O)n(CCCN3C(=O)c4ccccc4C3=O)c2n1.O=C1c2ccccc2C(=O)N1CCCBr.O=CO[O-].[H-].[K+].[K+]. The molecule has 2 aliphatic heterocycles. The van der Waals surface area contributed by atoms with Gasteiger partial charge in [-0.1, -0.05) is 90.4 Å². The molecule has 1 N–H and O–H groups in total. The maximum atomic E-state index is 12.5. The number of amides is 4. The number of thioether (sulfide) groups is 2. The minimum Gasteiger partial charge on any atom is -1.00 e. The summed E-state index contributed by atoms with van der Waals surface area (Å²) in [5, 5.41) is 12.2. The number of H-pyrrole nitrogens is 1. The Hall–Kier alpha value is -2.82. The first-order chi connectivity index (χ1) is 31.6. The summed E-state index contributed by atoms with van der Waals surface area (Å²) in [6, 6.07) is 20.2. The second kappa shape index (κ2) is 30.7. The molecule has 0 unspecified atom stereocenters. The number of nitrogens with one attached hydrogen (secondary N) is 1. The van der Waals surface area contributed by atoms with E-state index in [0.29, 0.717) is 58.2 Å². The van der Waals surface area contributed by atoms with E-state index in [-0.39, 0.29) is 152 Å². The molecule has 0 aliphatic carbocycles. The molecule has 2 aliphatic rings. The number of aryl methyl sites for hydroxylation is 1. The molecule has 0 radical (unpaired) electrons. The first-order valence-electron chi connectivity index (χ1n) is 20.7. The molecule has 0 saturated carbocycles. The Morgan fingerprint density at radius 3 is 1.60 bits per heavy atom. The standard InChI is InChI=1S/C22H22N4O3S.C11H10BrNO2.C11H13N3OS.CH2O3.2K.H/c1-2-3-13-30-22-23-14-15-9-10-18(27)25(19(15)24-22)11-6-12-26-20(28)16-7-4-5-8-17(16)21(26)29;12-6-3-7-13-10(14)8-4-1-2-5-9(8)11(13)15;1-2-3-6-16-11-12-7-8-4-5-9(15)13-10(8)14-11;2-1-4-3;;;/h4-5,7-10,14H,2-3,6,11-13H2,1H3;1-2,4-5H,3,6-7H2;4-5,7H,2-3,6H2,1H3,(H,12,13,14,15);1,3H;;;/q;;;;2*+1;-1/p-1. The van der Waals surface area contributed by atoms with Crippen LogP contribution < -0.4 is 119 Å². The summed E-state index contributed by atoms with van der Waals surface area (Å²) in [7, 11) is 0. The number of fused-ring (bicyclic) bond motifs is 4. The molecule has 0 spiro atoms. The van der Waals surface area contributed by atoms with Crippen molar-refractivity contribution in [3.8, 4) is 0 Å². The number of hydrogen-bond acceptors (Lipinski definition) is 15. The van der Waals surface area contributed by atoms with Gasteiger partial charge in [0, 0.05) is 71.8 Å². The average molecular weight is 1070 g/mol. The van der Waals surface area contributed by atoms with Crippen molar-refractivity contribution in [2.45, 2.75) is 69.2 Å². The van der Waals surface area contributed by atoms with Gasteiger partial charge in [0.25, 0.3) is 35.7 Å². The zero-order chi connectivity index (χ0) is 46.7. The van der Waals surface area contributed by atoms with E-state index in [1.165, 1.54) is 21.9 Å². The molecule has 6 aromatic rings. The minimum atomic E-state index is -0.280. The molecule has 4 amide bonds. The Kier molecular flexibility index (Phi) is 26.8. The molecule has 0 bridgehead atoms. The normalized spacial score (nSPS) is 12.1. The second-order valence-corrected chi connectivity index (χ2v) is 17.1. The fraction of sp³-hybridized carbons (Fsp3) is 0.311. The van der Waals surface area contributed by atoms with E-state index in [0.717, 1.165) is 64.9 Å². The van der Waals surface area contributed by atoms with Crippen molar-refractivity contribution in [3.05, 3.63) is 128 Å². The molecule has 0 fully saturated rings. The monoisotopic (exact) mass is 1060 g/mol. The number of carbonyl (C=O) groups is 5. The molecule has 67 heavy (non-hydrogen) atoms. The van der Waals surface area contributed by atoms with Crippen molar-refractivity contribution in [1.29, 1.82) is 0 Å². The van der Waals surface area contributed by atoms with Gasteiger partial charge in [0.15, 0.2) is 10.3 Å². The number of nitrogens with zero attached hydrogens (tertiary/aromatic N) is 7. The molecular formula is C45H47BrK2N8O9S2. The predicted molar refractivity (Wildman–Crippen MR) is 250 cm³/mol. The van der Waals surface area contributed by atoms with Crippen molar-refractivity contribution in [3.63, 3.8) is 0 Å². The molecule has 8 rings (SSSR count). The van der Waals surface area contributed by atoms with Gasteiger partial charge in [-0.2, -0.15) is 0 Å². The first kappa shape index (κ1) is 58.5. The first-order valence-corrected chi connectivity index (χ1v) is 23.8. The Balaban J connectivity index is 0.000000355. The topological polar surface area (TPSA) is 231 Å². The summed E-state index contributed by atoms with van der Waals surface area (Å²) in [5.41, 5.74) is 2.83. The van der Waals surface area contributed by atoms with Crippen molar-refractivity contribution in [2.75, 3.05) is 29.9 Å². The van der Waals surface area contributed by atoms with Crippen molar-refractivity contribution < 1.29 is 138 Å². The molecule has 2 aromatic carbocycles. The summed E-state index contributed by atoms with van der Waals surface area (Å²) >= 11 is 6.48. The quantitative estimate of drug-likeness (QED) is 0.0157. The number of aromatic nitrogens is 6. The number of carbonyl (C=O) groups excluding carboxylic acids is 5. The van der Waals surface area contributed by atoms with Crippen LogP contribution in [0.15, 0.2) is 105 Å². The van der Waals surface area contributed by atoms with E-state index in [1.54, 1.807) is 101 Å². The van der Waals surface area contributed by atoms with Crippen LogP contribution in [0.1, 0.15) is 95.2 Å². The summed E-state index contributed by atoms with van der Waals surface area (Å²) in [6.07, 6.45) is 9.22. The van der Waals surface area contributed by atoms with Crippen molar-refractivity contribution in [1.82, 2.24) is 39.3 Å². The Morgan fingerprint density at radius 1 is 0.657 bits per heavy atom. The largest absolute Gasteiger partial charge is 1.00 e. The second-order valence-electron chi connectivity index (χ2n) is 14.1. The van der Waals surface area contributed by atoms with E-state index >= 15 is 0 Å². The molecule has 0 saturated heterocycles. The summed E-state index contributed by atoms with van der Waals surface area (Å²) < 4.78 is 1.60. The van der Waals surface area contributed by atoms with Gasteiger partial charge < -0.3 is 16.6 Å². The number of benzene rings is 2. The molecule has 17 nitrogen and oxygen atoms in total. The number of rotatable bonds is 16.